The fraction of sp³-hybridized carbons (Fsp3) is 0.833. The molecule has 1 heterocycles. The van der Waals surface area contributed by atoms with E-state index in [9.17, 15) is 22.8 Å². The number of carbonyl (C=O) groups is 2. The lowest BCUT2D eigenvalue weighted by Crippen LogP contribution is -2.44. The average Bonchev–Trinajstić information content (AvgIpc) is 2.39. The minimum absolute atomic E-state index is 0.103. The van der Waals surface area contributed by atoms with Crippen LogP contribution in [-0.2, 0) is 9.59 Å². The van der Waals surface area contributed by atoms with Gasteiger partial charge in [0, 0.05) is 6.42 Å². The Morgan fingerprint density at radius 2 is 1.89 bits per heavy atom. The molecule has 1 rings (SSSR count). The molecule has 1 aliphatic rings. The van der Waals surface area contributed by atoms with E-state index in [1.54, 1.807) is 6.92 Å². The lowest BCUT2D eigenvalue weighted by molar-refractivity contribution is -0.208. The molecule has 2 atom stereocenters. The molecule has 1 aliphatic heterocycles. The molecule has 0 unspecified atom stereocenters. The Morgan fingerprint density at radius 1 is 1.37 bits per heavy atom. The number of likely N-dealkylation sites (tertiary alicyclic amines) is 1. The number of halogens is 3. The van der Waals surface area contributed by atoms with Gasteiger partial charge >= 0.3 is 6.18 Å². The smallest absolute Gasteiger partial charge is 0.382 e. The monoisotopic (exact) mass is 281 g/mol. The largest absolute Gasteiger partial charge is 0.416 e. The summed E-state index contributed by atoms with van der Waals surface area (Å²) in [5, 5.41) is 8.96. The second kappa shape index (κ2) is 5.11. The van der Waals surface area contributed by atoms with Crippen molar-refractivity contribution in [1.82, 2.24) is 4.90 Å². The SMILES string of the molecule is CC(C)C[C@@]1(C)CC(=O)N(C[C@H](O)C(F)(F)F)C1=O. The van der Waals surface area contributed by atoms with E-state index in [-0.39, 0.29) is 12.3 Å². The highest BCUT2D eigenvalue weighted by Gasteiger charge is 2.51. The molecule has 19 heavy (non-hydrogen) atoms. The van der Waals surface area contributed by atoms with Crippen LogP contribution in [0.25, 0.3) is 0 Å². The number of hydrogen-bond acceptors (Lipinski definition) is 3. The normalized spacial score (nSPS) is 26.4. The number of carbonyl (C=O) groups excluding carboxylic acids is 2. The van der Waals surface area contributed by atoms with Crippen molar-refractivity contribution in [2.45, 2.75) is 45.9 Å². The zero-order valence-electron chi connectivity index (χ0n) is 11.1. The fourth-order valence-electron chi connectivity index (χ4n) is 2.47. The van der Waals surface area contributed by atoms with Gasteiger partial charge in [-0.3, -0.25) is 14.5 Å². The van der Waals surface area contributed by atoms with Gasteiger partial charge in [0.25, 0.3) is 0 Å². The van der Waals surface area contributed by atoms with E-state index in [4.69, 9.17) is 5.11 Å². The first-order valence-electron chi connectivity index (χ1n) is 6.07. The molecule has 7 heteroatoms. The summed E-state index contributed by atoms with van der Waals surface area (Å²) in [7, 11) is 0. The quantitative estimate of drug-likeness (QED) is 0.798. The zero-order valence-corrected chi connectivity index (χ0v) is 11.1. The van der Waals surface area contributed by atoms with Crippen LogP contribution in [0.5, 0.6) is 0 Å². The third-order valence-electron chi connectivity index (χ3n) is 3.20. The van der Waals surface area contributed by atoms with Gasteiger partial charge in [-0.2, -0.15) is 13.2 Å². The van der Waals surface area contributed by atoms with Gasteiger partial charge in [0.2, 0.25) is 11.8 Å². The molecule has 0 saturated carbocycles. The van der Waals surface area contributed by atoms with E-state index >= 15 is 0 Å². The highest BCUT2D eigenvalue weighted by molar-refractivity contribution is 6.05. The van der Waals surface area contributed by atoms with E-state index in [1.165, 1.54) is 0 Å². The lowest BCUT2D eigenvalue weighted by atomic mass is 9.80. The van der Waals surface area contributed by atoms with Crippen molar-refractivity contribution < 1.29 is 27.9 Å². The Bertz CT molecular complexity index is 381. The molecule has 1 saturated heterocycles. The minimum atomic E-state index is -4.84. The summed E-state index contributed by atoms with van der Waals surface area (Å²) in [5.41, 5.74) is -0.962. The molecule has 0 spiro atoms. The first-order chi connectivity index (χ1) is 8.47. The first-order valence-corrected chi connectivity index (χ1v) is 6.07. The molecular formula is C12H18F3NO3. The van der Waals surface area contributed by atoms with E-state index in [0.717, 1.165) is 0 Å². The number of rotatable bonds is 4. The van der Waals surface area contributed by atoms with Crippen LogP contribution in [0, 0.1) is 11.3 Å². The predicted octanol–water partition coefficient (Wildman–Crippen LogP) is 1.72. The minimum Gasteiger partial charge on any atom is -0.382 e. The topological polar surface area (TPSA) is 57.6 Å². The maximum absolute atomic E-state index is 12.3. The summed E-state index contributed by atoms with van der Waals surface area (Å²) >= 11 is 0. The van der Waals surface area contributed by atoms with Gasteiger partial charge in [0.15, 0.2) is 6.10 Å². The van der Waals surface area contributed by atoms with Crippen molar-refractivity contribution in [2.24, 2.45) is 11.3 Å². The predicted molar refractivity (Wildman–Crippen MR) is 61.0 cm³/mol. The number of aliphatic hydroxyl groups excluding tert-OH is 1. The lowest BCUT2D eigenvalue weighted by Gasteiger charge is -2.25. The standard InChI is InChI=1S/C12H18F3NO3/c1-7(2)4-11(3)5-9(18)16(10(11)19)6-8(17)12(13,14)15/h7-8,17H,4-6H2,1-3H3/t8-,11-/m0/s1. The first kappa shape index (κ1) is 15.9. The van der Waals surface area contributed by atoms with E-state index < -0.39 is 36.1 Å². The van der Waals surface area contributed by atoms with Crippen molar-refractivity contribution in [3.05, 3.63) is 0 Å². The fourth-order valence-corrected chi connectivity index (χ4v) is 2.47. The summed E-state index contributed by atoms with van der Waals surface area (Å²) in [6, 6.07) is 0. The van der Waals surface area contributed by atoms with Crippen LogP contribution in [-0.4, -0.2) is 40.6 Å². The summed E-state index contributed by atoms with van der Waals surface area (Å²) in [6.45, 7) is 4.30. The number of imide groups is 1. The van der Waals surface area contributed by atoms with Crippen molar-refractivity contribution in [3.63, 3.8) is 0 Å². The van der Waals surface area contributed by atoms with Gasteiger partial charge in [0.05, 0.1) is 12.0 Å². The second-order valence-corrected chi connectivity index (χ2v) is 5.70. The van der Waals surface area contributed by atoms with Crippen LogP contribution < -0.4 is 0 Å². The van der Waals surface area contributed by atoms with Crippen LogP contribution in [0.2, 0.25) is 0 Å². The number of amides is 2. The highest BCUT2D eigenvalue weighted by atomic mass is 19.4. The molecule has 0 aliphatic carbocycles. The van der Waals surface area contributed by atoms with Crippen molar-refractivity contribution in [3.8, 4) is 0 Å². The van der Waals surface area contributed by atoms with Crippen molar-refractivity contribution in [1.29, 1.82) is 0 Å². The second-order valence-electron chi connectivity index (χ2n) is 5.70. The van der Waals surface area contributed by atoms with Crippen molar-refractivity contribution in [2.75, 3.05) is 6.54 Å². The number of alkyl halides is 3. The Labute approximate surface area is 109 Å². The van der Waals surface area contributed by atoms with Gasteiger partial charge in [0.1, 0.15) is 0 Å². The molecule has 1 fully saturated rings. The van der Waals surface area contributed by atoms with E-state index in [0.29, 0.717) is 11.3 Å². The van der Waals surface area contributed by atoms with Crippen LogP contribution in [0.3, 0.4) is 0 Å². The van der Waals surface area contributed by atoms with Gasteiger partial charge in [-0.05, 0) is 12.3 Å². The number of hydrogen-bond donors (Lipinski definition) is 1. The highest BCUT2D eigenvalue weighted by Crippen LogP contribution is 2.38. The van der Waals surface area contributed by atoms with Gasteiger partial charge in [-0.1, -0.05) is 20.8 Å². The Hall–Kier alpha value is -1.11. The molecule has 2 amide bonds. The Balaban J connectivity index is 2.83. The number of nitrogens with zero attached hydrogens (tertiary/aromatic N) is 1. The number of aliphatic hydroxyl groups is 1. The molecule has 0 bridgehead atoms. The number of β-amino-alcohol motifs (C(OH)–C–C–N with tert-alkyl or cyclic N) is 1. The molecule has 1 N–H and O–H groups in total. The summed E-state index contributed by atoms with van der Waals surface area (Å²) < 4.78 is 36.8. The maximum atomic E-state index is 12.3. The van der Waals surface area contributed by atoms with Crippen LogP contribution in [0.15, 0.2) is 0 Å². The average molecular weight is 281 g/mol. The Kier molecular flexibility index (Phi) is 4.29. The maximum Gasteiger partial charge on any atom is 0.416 e. The summed E-state index contributed by atoms with van der Waals surface area (Å²) in [5.74, 6) is -1.14. The van der Waals surface area contributed by atoms with Gasteiger partial charge in [-0.15, -0.1) is 0 Å². The van der Waals surface area contributed by atoms with Crippen LogP contribution in [0.4, 0.5) is 13.2 Å². The molecular weight excluding hydrogens is 263 g/mol. The molecule has 0 aromatic carbocycles. The molecule has 110 valence electrons. The van der Waals surface area contributed by atoms with E-state index in [1.807, 2.05) is 13.8 Å². The van der Waals surface area contributed by atoms with Gasteiger partial charge in [-0.25, -0.2) is 0 Å². The molecule has 0 radical (unpaired) electrons. The molecule has 4 nitrogen and oxygen atoms in total. The van der Waals surface area contributed by atoms with Crippen LogP contribution in [0.1, 0.15) is 33.6 Å². The summed E-state index contributed by atoms with van der Waals surface area (Å²) in [6.07, 6.45) is -7.20. The third kappa shape index (κ3) is 3.46. The molecule has 0 aromatic heterocycles. The van der Waals surface area contributed by atoms with E-state index in [2.05, 4.69) is 0 Å². The third-order valence-corrected chi connectivity index (χ3v) is 3.20. The zero-order chi connectivity index (χ0) is 15.0. The van der Waals surface area contributed by atoms with Crippen molar-refractivity contribution >= 4 is 11.8 Å². The van der Waals surface area contributed by atoms with Gasteiger partial charge < -0.3 is 5.11 Å². The Morgan fingerprint density at radius 3 is 2.32 bits per heavy atom. The summed E-state index contributed by atoms with van der Waals surface area (Å²) in [4.78, 5) is 24.3. The van der Waals surface area contributed by atoms with Crippen LogP contribution >= 0.6 is 0 Å². The molecule has 0 aromatic rings.